The molecular formula is C20H25N5O3. The fourth-order valence-electron chi connectivity index (χ4n) is 3.57. The van der Waals surface area contributed by atoms with Gasteiger partial charge in [-0.2, -0.15) is 0 Å². The van der Waals surface area contributed by atoms with Crippen LogP contribution >= 0.6 is 0 Å². The zero-order valence-electron chi connectivity index (χ0n) is 16.2. The standard InChI is InChI=1S/C20H25N5O3/c1-14-19(26)23-20-22-16-6-7-17(18(27-2)15(16)12-25(14)20)28-11-5-3-4-9-24-10-8-21-13-24/h6-8,10,13-14H,3-5,9,11-12H2,1-2H3,(H,22,23,26). The van der Waals surface area contributed by atoms with E-state index in [0.717, 1.165) is 42.8 Å². The molecule has 0 radical (unpaired) electrons. The molecule has 1 aromatic carbocycles. The summed E-state index contributed by atoms with van der Waals surface area (Å²) in [5, 5.41) is 2.82. The number of imidazole rings is 1. The van der Waals surface area contributed by atoms with Crippen molar-refractivity contribution in [2.75, 3.05) is 13.7 Å². The first-order valence-electron chi connectivity index (χ1n) is 9.62. The average Bonchev–Trinajstić information content (AvgIpc) is 3.31. The number of aryl methyl sites for hydroxylation is 1. The monoisotopic (exact) mass is 383 g/mol. The number of hydrogen-bond acceptors (Lipinski definition) is 6. The highest BCUT2D eigenvalue weighted by molar-refractivity contribution is 6.07. The van der Waals surface area contributed by atoms with E-state index >= 15 is 0 Å². The highest BCUT2D eigenvalue weighted by Gasteiger charge is 2.37. The summed E-state index contributed by atoms with van der Waals surface area (Å²) in [6.45, 7) is 4.05. The van der Waals surface area contributed by atoms with Crippen molar-refractivity contribution in [1.29, 1.82) is 0 Å². The van der Waals surface area contributed by atoms with Gasteiger partial charge < -0.3 is 18.9 Å². The molecule has 2 aliphatic rings. The Morgan fingerprint density at radius 3 is 2.96 bits per heavy atom. The number of carbonyl (C=O) groups excluding carboxylic acids is 1. The molecule has 2 aromatic rings. The van der Waals surface area contributed by atoms with Gasteiger partial charge in [0.25, 0.3) is 0 Å². The zero-order chi connectivity index (χ0) is 19.5. The Morgan fingerprint density at radius 2 is 2.18 bits per heavy atom. The Morgan fingerprint density at radius 1 is 1.29 bits per heavy atom. The summed E-state index contributed by atoms with van der Waals surface area (Å²) in [6, 6.07) is 3.58. The minimum absolute atomic E-state index is 0.0299. The molecule has 1 aromatic heterocycles. The number of methoxy groups -OCH3 is 1. The number of hydrogen-bond donors (Lipinski definition) is 1. The maximum absolute atomic E-state index is 11.9. The zero-order valence-corrected chi connectivity index (χ0v) is 16.2. The lowest BCUT2D eigenvalue weighted by Gasteiger charge is -2.28. The van der Waals surface area contributed by atoms with Gasteiger partial charge in [0.15, 0.2) is 11.5 Å². The van der Waals surface area contributed by atoms with Crippen molar-refractivity contribution in [3.8, 4) is 11.5 Å². The second-order valence-electron chi connectivity index (χ2n) is 7.03. The normalized spacial score (nSPS) is 17.6. The third kappa shape index (κ3) is 3.54. The van der Waals surface area contributed by atoms with Crippen molar-refractivity contribution in [1.82, 2.24) is 19.8 Å². The first-order valence-corrected chi connectivity index (χ1v) is 9.62. The molecule has 8 heteroatoms. The number of nitrogens with one attached hydrogen (secondary N) is 1. The lowest BCUT2D eigenvalue weighted by Crippen LogP contribution is -2.35. The van der Waals surface area contributed by atoms with E-state index in [4.69, 9.17) is 9.47 Å². The van der Waals surface area contributed by atoms with Gasteiger partial charge in [0.2, 0.25) is 11.9 Å². The molecule has 28 heavy (non-hydrogen) atoms. The van der Waals surface area contributed by atoms with Crippen LogP contribution in [-0.2, 0) is 17.9 Å². The SMILES string of the molecule is COc1c(OCCCCCn2ccnc2)ccc2c1CN1C(=N2)NC(=O)C1C. The number of nitrogens with zero attached hydrogens (tertiary/aromatic N) is 4. The molecule has 1 unspecified atom stereocenters. The predicted octanol–water partition coefficient (Wildman–Crippen LogP) is 2.46. The number of ether oxygens (including phenoxy) is 2. The van der Waals surface area contributed by atoms with E-state index < -0.39 is 0 Å². The number of unbranched alkanes of at least 4 members (excludes halogenated alkanes) is 2. The van der Waals surface area contributed by atoms with E-state index in [2.05, 4.69) is 19.9 Å². The van der Waals surface area contributed by atoms with Gasteiger partial charge in [-0.1, -0.05) is 0 Å². The van der Waals surface area contributed by atoms with Crippen molar-refractivity contribution in [3.05, 3.63) is 36.4 Å². The quantitative estimate of drug-likeness (QED) is 0.708. The van der Waals surface area contributed by atoms with Crippen LogP contribution in [0.2, 0.25) is 0 Å². The number of rotatable bonds is 8. The Labute approximate surface area is 164 Å². The van der Waals surface area contributed by atoms with Gasteiger partial charge in [-0.3, -0.25) is 10.1 Å². The highest BCUT2D eigenvalue weighted by Crippen LogP contribution is 2.41. The number of aliphatic imine (C=N–C) groups is 1. The highest BCUT2D eigenvalue weighted by atomic mass is 16.5. The van der Waals surface area contributed by atoms with Crippen molar-refractivity contribution in [2.24, 2.45) is 4.99 Å². The van der Waals surface area contributed by atoms with Crippen molar-refractivity contribution >= 4 is 17.6 Å². The van der Waals surface area contributed by atoms with E-state index in [1.165, 1.54) is 0 Å². The summed E-state index contributed by atoms with van der Waals surface area (Å²) in [5.74, 6) is 2.00. The van der Waals surface area contributed by atoms with Crippen LogP contribution in [0.3, 0.4) is 0 Å². The molecule has 1 N–H and O–H groups in total. The first kappa shape index (κ1) is 18.3. The maximum atomic E-state index is 11.9. The van der Waals surface area contributed by atoms with Crippen LogP contribution in [0, 0.1) is 0 Å². The third-order valence-corrected chi connectivity index (χ3v) is 5.19. The van der Waals surface area contributed by atoms with E-state index in [0.29, 0.717) is 24.9 Å². The lowest BCUT2D eigenvalue weighted by atomic mass is 10.1. The summed E-state index contributed by atoms with van der Waals surface area (Å²) in [7, 11) is 1.64. The smallest absolute Gasteiger partial charge is 0.249 e. The number of carbonyl (C=O) groups is 1. The molecule has 8 nitrogen and oxygen atoms in total. The van der Waals surface area contributed by atoms with Crippen molar-refractivity contribution < 1.29 is 14.3 Å². The third-order valence-electron chi connectivity index (χ3n) is 5.19. The summed E-state index contributed by atoms with van der Waals surface area (Å²) in [4.78, 5) is 22.5. The molecule has 1 fully saturated rings. The average molecular weight is 383 g/mol. The summed E-state index contributed by atoms with van der Waals surface area (Å²) in [6.07, 6.45) is 8.76. The van der Waals surface area contributed by atoms with Crippen LogP contribution < -0.4 is 14.8 Å². The molecule has 4 rings (SSSR count). The topological polar surface area (TPSA) is 81.0 Å². The largest absolute Gasteiger partial charge is 0.492 e. The molecule has 3 heterocycles. The van der Waals surface area contributed by atoms with Crippen LogP contribution in [0.4, 0.5) is 5.69 Å². The molecule has 0 saturated carbocycles. The van der Waals surface area contributed by atoms with Crippen LogP contribution in [0.15, 0.2) is 35.8 Å². The summed E-state index contributed by atoms with van der Waals surface area (Å²) in [5.41, 5.74) is 1.76. The minimum atomic E-state index is -0.239. The molecule has 0 spiro atoms. The molecule has 148 valence electrons. The van der Waals surface area contributed by atoms with E-state index in [1.807, 2.05) is 36.5 Å². The van der Waals surface area contributed by atoms with Crippen LogP contribution in [0.1, 0.15) is 31.7 Å². The summed E-state index contributed by atoms with van der Waals surface area (Å²) < 4.78 is 13.7. The molecule has 0 aliphatic carbocycles. The summed E-state index contributed by atoms with van der Waals surface area (Å²) >= 11 is 0. The number of benzene rings is 1. The number of guanidine groups is 1. The Kier molecular flexibility index (Phi) is 5.18. The molecule has 2 aliphatic heterocycles. The van der Waals surface area contributed by atoms with Gasteiger partial charge in [0, 0.05) is 24.5 Å². The van der Waals surface area contributed by atoms with E-state index in [-0.39, 0.29) is 11.9 Å². The van der Waals surface area contributed by atoms with Gasteiger partial charge in [-0.25, -0.2) is 9.98 Å². The van der Waals surface area contributed by atoms with Crippen LogP contribution in [0.5, 0.6) is 11.5 Å². The van der Waals surface area contributed by atoms with Gasteiger partial charge >= 0.3 is 0 Å². The first-order chi connectivity index (χ1) is 13.7. The van der Waals surface area contributed by atoms with Gasteiger partial charge in [-0.15, -0.1) is 0 Å². The van der Waals surface area contributed by atoms with Crippen LogP contribution in [0.25, 0.3) is 0 Å². The Balaban J connectivity index is 1.36. The van der Waals surface area contributed by atoms with Gasteiger partial charge in [-0.05, 0) is 38.3 Å². The molecule has 1 atom stereocenters. The fraction of sp³-hybridized carbons (Fsp3) is 0.450. The number of aromatic nitrogens is 2. The Hall–Kier alpha value is -3.03. The number of amides is 1. The van der Waals surface area contributed by atoms with Crippen molar-refractivity contribution in [3.63, 3.8) is 0 Å². The van der Waals surface area contributed by atoms with E-state index in [9.17, 15) is 4.79 Å². The minimum Gasteiger partial charge on any atom is -0.492 e. The predicted molar refractivity (Wildman–Crippen MR) is 105 cm³/mol. The van der Waals surface area contributed by atoms with Crippen molar-refractivity contribution in [2.45, 2.75) is 45.3 Å². The molecule has 1 saturated heterocycles. The fourth-order valence-corrected chi connectivity index (χ4v) is 3.57. The van der Waals surface area contributed by atoms with Crippen LogP contribution in [-0.4, -0.2) is 46.1 Å². The second kappa shape index (κ2) is 7.92. The maximum Gasteiger partial charge on any atom is 0.249 e. The molecule has 0 bridgehead atoms. The lowest BCUT2D eigenvalue weighted by molar-refractivity contribution is -0.121. The Bertz CT molecular complexity index is 878. The molecular weight excluding hydrogens is 358 g/mol. The number of fused-ring (bicyclic) bond motifs is 2. The molecule has 1 amide bonds. The van der Waals surface area contributed by atoms with E-state index in [1.54, 1.807) is 13.3 Å². The second-order valence-corrected chi connectivity index (χ2v) is 7.03. The van der Waals surface area contributed by atoms with Gasteiger partial charge in [0.1, 0.15) is 6.04 Å². The van der Waals surface area contributed by atoms with Gasteiger partial charge in [0.05, 0.1) is 32.3 Å².